The van der Waals surface area contributed by atoms with Crippen molar-refractivity contribution in [1.82, 2.24) is 4.98 Å². The predicted molar refractivity (Wildman–Crippen MR) is 127 cm³/mol. The molecule has 0 aliphatic rings. The molecule has 27 heavy (non-hydrogen) atoms. The van der Waals surface area contributed by atoms with Gasteiger partial charge in [-0.3, -0.25) is 0 Å². The fourth-order valence-corrected chi connectivity index (χ4v) is 5.69. The van der Waals surface area contributed by atoms with Crippen LogP contribution in [0.1, 0.15) is 10.6 Å². The summed E-state index contributed by atoms with van der Waals surface area (Å²) < 4.78 is 6.51. The number of anilines is 1. The highest BCUT2D eigenvalue weighted by Crippen LogP contribution is 2.41. The van der Waals surface area contributed by atoms with Crippen molar-refractivity contribution in [2.24, 2.45) is 5.73 Å². The van der Waals surface area contributed by atoms with Crippen LogP contribution in [0.25, 0.3) is 10.2 Å². The molecule has 0 aromatic carbocycles. The topological polar surface area (TPSA) is 64.1 Å². The summed E-state index contributed by atoms with van der Waals surface area (Å²) >= 11 is 11.5. The Kier molecular flexibility index (Phi) is 10.7. The Balaban J connectivity index is 0.00000182. The molecular formula is C17H22Cl3N3OS3. The van der Waals surface area contributed by atoms with Crippen molar-refractivity contribution in [2.45, 2.75) is 23.9 Å². The normalized spacial score (nSPS) is 11.7. The maximum Gasteiger partial charge on any atom is 0.131 e. The molecule has 0 aliphatic carbocycles. The zero-order chi connectivity index (χ0) is 17.8. The van der Waals surface area contributed by atoms with Gasteiger partial charge in [0, 0.05) is 27.6 Å². The van der Waals surface area contributed by atoms with Gasteiger partial charge in [0.15, 0.2) is 0 Å². The number of nitrogens with two attached hydrogens (primary N) is 1. The van der Waals surface area contributed by atoms with Gasteiger partial charge in [0.05, 0.1) is 28.7 Å². The first kappa shape index (κ1) is 24.8. The number of fused-ring (bicyclic) bond motifs is 1. The smallest absolute Gasteiger partial charge is 0.131 e. The van der Waals surface area contributed by atoms with E-state index in [1.165, 1.54) is 9.77 Å². The molecule has 1 atom stereocenters. The fourth-order valence-electron chi connectivity index (χ4n) is 2.64. The Hall–Kier alpha value is -0.280. The molecule has 150 valence electrons. The van der Waals surface area contributed by atoms with Crippen molar-refractivity contribution in [1.29, 1.82) is 0 Å². The number of thiophene rings is 1. The molecule has 0 unspecified atom stereocenters. The highest BCUT2D eigenvalue weighted by Gasteiger charge is 2.18. The summed E-state index contributed by atoms with van der Waals surface area (Å²) in [5, 5.41) is 3.91. The molecule has 3 heterocycles. The molecule has 0 radical (unpaired) electrons. The van der Waals surface area contributed by atoms with Crippen LogP contribution in [0.5, 0.6) is 0 Å². The second-order valence-corrected chi connectivity index (χ2v) is 8.80. The zero-order valence-corrected chi connectivity index (χ0v) is 19.7. The molecule has 0 spiro atoms. The van der Waals surface area contributed by atoms with E-state index in [0.717, 1.165) is 33.8 Å². The zero-order valence-electron chi connectivity index (χ0n) is 14.9. The molecule has 4 nitrogen and oxygen atoms in total. The number of furan rings is 1. The van der Waals surface area contributed by atoms with E-state index in [1.54, 1.807) is 41.1 Å². The second kappa shape index (κ2) is 11.7. The summed E-state index contributed by atoms with van der Waals surface area (Å²) in [6.07, 6.45) is 6.68. The lowest BCUT2D eigenvalue weighted by atomic mass is 10.2. The molecule has 0 saturated heterocycles. The SMILES string of the molecule is CSC[C@H](N)Cc1sc2c(NCc3ccco3)cc(Cl)nc2c1SC.Cl.Cl. The van der Waals surface area contributed by atoms with E-state index < -0.39 is 0 Å². The number of thioether (sulfide) groups is 2. The lowest BCUT2D eigenvalue weighted by Gasteiger charge is -2.09. The van der Waals surface area contributed by atoms with Crippen LogP contribution in [0.2, 0.25) is 5.15 Å². The minimum absolute atomic E-state index is 0. The third-order valence-electron chi connectivity index (χ3n) is 3.70. The van der Waals surface area contributed by atoms with E-state index in [4.69, 9.17) is 21.8 Å². The van der Waals surface area contributed by atoms with Gasteiger partial charge < -0.3 is 15.5 Å². The molecule has 0 aliphatic heterocycles. The highest BCUT2D eigenvalue weighted by atomic mass is 35.5. The van der Waals surface area contributed by atoms with Gasteiger partial charge in [-0.25, -0.2) is 4.98 Å². The summed E-state index contributed by atoms with van der Waals surface area (Å²) in [6, 6.07) is 5.85. The van der Waals surface area contributed by atoms with Crippen molar-refractivity contribution < 1.29 is 4.42 Å². The number of rotatable bonds is 8. The average Bonchev–Trinajstić information content (AvgIpc) is 3.20. The van der Waals surface area contributed by atoms with E-state index in [0.29, 0.717) is 11.7 Å². The Bertz CT molecular complexity index is 843. The number of hydrogen-bond donors (Lipinski definition) is 2. The molecule has 3 rings (SSSR count). The van der Waals surface area contributed by atoms with Gasteiger partial charge in [-0.15, -0.1) is 47.9 Å². The molecule has 3 N–H and O–H groups in total. The average molecular weight is 487 g/mol. The van der Waals surface area contributed by atoms with Gasteiger partial charge in [0.25, 0.3) is 0 Å². The second-order valence-electron chi connectivity index (χ2n) is 5.58. The van der Waals surface area contributed by atoms with E-state index >= 15 is 0 Å². The van der Waals surface area contributed by atoms with Crippen molar-refractivity contribution in [3.63, 3.8) is 0 Å². The first-order valence-electron chi connectivity index (χ1n) is 7.79. The highest BCUT2D eigenvalue weighted by molar-refractivity contribution is 7.99. The first-order chi connectivity index (χ1) is 12.1. The predicted octanol–water partition coefficient (Wildman–Crippen LogP) is 5.95. The van der Waals surface area contributed by atoms with Gasteiger partial charge in [-0.2, -0.15) is 11.8 Å². The van der Waals surface area contributed by atoms with E-state index in [1.807, 2.05) is 18.2 Å². The van der Waals surface area contributed by atoms with E-state index in [9.17, 15) is 0 Å². The van der Waals surface area contributed by atoms with Gasteiger partial charge in [-0.1, -0.05) is 11.6 Å². The van der Waals surface area contributed by atoms with Gasteiger partial charge in [-0.05, 0) is 31.1 Å². The van der Waals surface area contributed by atoms with Crippen LogP contribution in [-0.2, 0) is 13.0 Å². The quantitative estimate of drug-likeness (QED) is 0.303. The molecule has 0 saturated carbocycles. The summed E-state index contributed by atoms with van der Waals surface area (Å²) in [4.78, 5) is 7.03. The first-order valence-corrected chi connectivity index (χ1v) is 11.6. The maximum absolute atomic E-state index is 6.27. The number of halogens is 3. The number of hydrogen-bond acceptors (Lipinski definition) is 7. The van der Waals surface area contributed by atoms with E-state index in [-0.39, 0.29) is 30.9 Å². The van der Waals surface area contributed by atoms with Crippen molar-refractivity contribution >= 4 is 87.2 Å². The molecule has 0 bridgehead atoms. The van der Waals surface area contributed by atoms with Gasteiger partial charge in [0.1, 0.15) is 10.9 Å². The monoisotopic (exact) mass is 485 g/mol. The summed E-state index contributed by atoms with van der Waals surface area (Å²) in [5.41, 5.74) is 8.19. The molecule has 3 aromatic heterocycles. The Morgan fingerprint density at radius 2 is 2.15 bits per heavy atom. The number of nitrogens with one attached hydrogen (secondary N) is 1. The Morgan fingerprint density at radius 1 is 1.37 bits per heavy atom. The fraction of sp³-hybridized carbons (Fsp3) is 0.353. The van der Waals surface area contributed by atoms with Crippen LogP contribution in [0.15, 0.2) is 33.8 Å². The van der Waals surface area contributed by atoms with Crippen LogP contribution in [0, 0.1) is 0 Å². The number of aromatic nitrogens is 1. The maximum atomic E-state index is 6.27. The van der Waals surface area contributed by atoms with Crippen LogP contribution < -0.4 is 11.1 Å². The summed E-state index contributed by atoms with van der Waals surface area (Å²) in [7, 11) is 0. The molecule has 0 amide bonds. The molecular weight excluding hydrogens is 465 g/mol. The van der Waals surface area contributed by atoms with Gasteiger partial charge >= 0.3 is 0 Å². The lowest BCUT2D eigenvalue weighted by Crippen LogP contribution is -2.25. The molecule has 3 aromatic rings. The van der Waals surface area contributed by atoms with Crippen LogP contribution in [0.3, 0.4) is 0 Å². The van der Waals surface area contributed by atoms with Gasteiger partial charge in [0.2, 0.25) is 0 Å². The van der Waals surface area contributed by atoms with Crippen molar-refractivity contribution in [2.75, 3.05) is 23.6 Å². The number of pyridine rings is 1. The largest absolute Gasteiger partial charge is 0.467 e. The van der Waals surface area contributed by atoms with Crippen molar-refractivity contribution in [3.8, 4) is 0 Å². The van der Waals surface area contributed by atoms with E-state index in [2.05, 4.69) is 22.8 Å². The Morgan fingerprint density at radius 3 is 2.78 bits per heavy atom. The van der Waals surface area contributed by atoms with Crippen LogP contribution in [-0.4, -0.2) is 29.3 Å². The summed E-state index contributed by atoms with van der Waals surface area (Å²) in [6.45, 7) is 0.607. The third kappa shape index (κ3) is 6.10. The van der Waals surface area contributed by atoms with Crippen LogP contribution >= 0.6 is 71.3 Å². The van der Waals surface area contributed by atoms with Crippen LogP contribution in [0.4, 0.5) is 5.69 Å². The molecule has 10 heteroatoms. The molecule has 0 fully saturated rings. The van der Waals surface area contributed by atoms with Crippen molar-refractivity contribution in [3.05, 3.63) is 40.3 Å². The standard InChI is InChI=1S/C17H20ClN3OS3.2ClH/c1-23-9-10(19)6-13-17(24-2)15-16(25-13)12(7-14(18)21-15)20-8-11-4-3-5-22-11;;/h3-5,7,10H,6,8-9,19H2,1-2H3,(H,20,21);2*1H/t10-;;/m1../s1. The lowest BCUT2D eigenvalue weighted by molar-refractivity contribution is 0.518. The summed E-state index contributed by atoms with van der Waals surface area (Å²) in [5.74, 6) is 1.82. The minimum Gasteiger partial charge on any atom is -0.467 e. The minimum atomic E-state index is 0. The Labute approximate surface area is 189 Å². The number of nitrogens with zero attached hydrogens (tertiary/aromatic N) is 1. The third-order valence-corrected chi connectivity index (χ3v) is 6.87.